The number of amides is 1. The molecule has 0 spiro atoms. The summed E-state index contributed by atoms with van der Waals surface area (Å²) in [5.41, 5.74) is 1.79. The maximum Gasteiger partial charge on any atom is 0.410 e. The third-order valence-electron chi connectivity index (χ3n) is 3.66. The van der Waals surface area contributed by atoms with Gasteiger partial charge >= 0.3 is 6.09 Å². The van der Waals surface area contributed by atoms with Gasteiger partial charge in [-0.1, -0.05) is 13.8 Å². The van der Waals surface area contributed by atoms with Crippen LogP contribution < -0.4 is 4.90 Å². The Hall–Kier alpha value is -1.78. The molecule has 0 N–H and O–H groups in total. The summed E-state index contributed by atoms with van der Waals surface area (Å²) in [5, 5.41) is 0. The Morgan fingerprint density at radius 1 is 1.18 bits per heavy atom. The fourth-order valence-electron chi connectivity index (χ4n) is 2.40. The zero-order chi connectivity index (χ0) is 16.3. The van der Waals surface area contributed by atoms with Gasteiger partial charge in [-0.05, 0) is 38.8 Å². The average molecular weight is 305 g/mol. The Morgan fingerprint density at radius 2 is 1.82 bits per heavy atom. The van der Waals surface area contributed by atoms with E-state index in [1.165, 1.54) is 0 Å². The molecule has 5 nitrogen and oxygen atoms in total. The highest BCUT2D eigenvalue weighted by atomic mass is 16.6. The highest BCUT2D eigenvalue weighted by Gasteiger charge is 2.26. The molecule has 0 aromatic carbocycles. The van der Waals surface area contributed by atoms with E-state index in [1.807, 2.05) is 27.0 Å². The second-order valence-corrected chi connectivity index (χ2v) is 7.05. The number of hydrogen-bond acceptors (Lipinski definition) is 4. The molecule has 1 aromatic heterocycles. The average Bonchev–Trinajstić information content (AvgIpc) is 2.46. The number of pyridine rings is 1. The van der Waals surface area contributed by atoms with Crippen molar-refractivity contribution in [3.05, 3.63) is 24.0 Å². The summed E-state index contributed by atoms with van der Waals surface area (Å²) >= 11 is 0. The van der Waals surface area contributed by atoms with E-state index in [4.69, 9.17) is 4.74 Å². The van der Waals surface area contributed by atoms with Crippen molar-refractivity contribution < 1.29 is 9.53 Å². The van der Waals surface area contributed by atoms with E-state index in [0.29, 0.717) is 19.0 Å². The summed E-state index contributed by atoms with van der Waals surface area (Å²) in [7, 11) is 0. The summed E-state index contributed by atoms with van der Waals surface area (Å²) in [6.07, 6.45) is 1.71. The lowest BCUT2D eigenvalue weighted by Gasteiger charge is -2.36. The molecule has 1 aliphatic rings. The second-order valence-electron chi connectivity index (χ2n) is 7.05. The summed E-state index contributed by atoms with van der Waals surface area (Å²) in [4.78, 5) is 20.6. The van der Waals surface area contributed by atoms with E-state index in [0.717, 1.165) is 24.5 Å². The monoisotopic (exact) mass is 305 g/mol. The minimum absolute atomic E-state index is 0.222. The number of piperazine rings is 1. The molecular formula is C17H27N3O2. The molecule has 1 fully saturated rings. The highest BCUT2D eigenvalue weighted by molar-refractivity contribution is 5.68. The van der Waals surface area contributed by atoms with Gasteiger partial charge in [0.2, 0.25) is 0 Å². The fourth-order valence-corrected chi connectivity index (χ4v) is 2.40. The molecule has 0 radical (unpaired) electrons. The van der Waals surface area contributed by atoms with Gasteiger partial charge in [-0.3, -0.25) is 4.98 Å². The minimum Gasteiger partial charge on any atom is -0.444 e. The van der Waals surface area contributed by atoms with Gasteiger partial charge in [-0.2, -0.15) is 0 Å². The van der Waals surface area contributed by atoms with Crippen LogP contribution in [0.2, 0.25) is 0 Å². The van der Waals surface area contributed by atoms with Gasteiger partial charge in [0.05, 0.1) is 11.9 Å². The molecule has 2 heterocycles. The molecule has 1 amide bonds. The van der Waals surface area contributed by atoms with E-state index in [-0.39, 0.29) is 6.09 Å². The Labute approximate surface area is 133 Å². The van der Waals surface area contributed by atoms with E-state index >= 15 is 0 Å². The van der Waals surface area contributed by atoms with Gasteiger partial charge in [0, 0.05) is 31.9 Å². The van der Waals surface area contributed by atoms with Crippen molar-refractivity contribution in [2.24, 2.45) is 0 Å². The van der Waals surface area contributed by atoms with E-state index in [9.17, 15) is 4.79 Å². The fraction of sp³-hybridized carbons (Fsp3) is 0.647. The highest BCUT2D eigenvalue weighted by Crippen LogP contribution is 2.19. The summed E-state index contributed by atoms with van der Waals surface area (Å²) in [6, 6.07) is 4.20. The maximum atomic E-state index is 12.0. The standard InChI is InChI=1S/C17H27N3O2/c1-13(2)15-7-6-14(12-18-15)19-8-10-20(11-9-19)16(21)22-17(3,4)5/h6-7,12-13H,8-11H2,1-5H3. The van der Waals surface area contributed by atoms with Crippen molar-refractivity contribution >= 4 is 11.8 Å². The van der Waals surface area contributed by atoms with Crippen molar-refractivity contribution in [1.82, 2.24) is 9.88 Å². The predicted octanol–water partition coefficient (Wildman–Crippen LogP) is 3.26. The largest absolute Gasteiger partial charge is 0.444 e. The quantitative estimate of drug-likeness (QED) is 0.841. The zero-order valence-electron chi connectivity index (χ0n) is 14.3. The normalized spacial score (nSPS) is 16.1. The van der Waals surface area contributed by atoms with Crippen LogP contribution in [-0.4, -0.2) is 47.8 Å². The van der Waals surface area contributed by atoms with Crippen molar-refractivity contribution in [2.45, 2.75) is 46.1 Å². The lowest BCUT2D eigenvalue weighted by Crippen LogP contribution is -2.50. The van der Waals surface area contributed by atoms with E-state index < -0.39 is 5.60 Å². The third-order valence-corrected chi connectivity index (χ3v) is 3.66. The number of nitrogens with zero attached hydrogens (tertiary/aromatic N) is 3. The molecule has 0 aliphatic carbocycles. The Morgan fingerprint density at radius 3 is 2.27 bits per heavy atom. The van der Waals surface area contributed by atoms with Crippen LogP contribution >= 0.6 is 0 Å². The van der Waals surface area contributed by atoms with Crippen molar-refractivity contribution in [3.8, 4) is 0 Å². The van der Waals surface area contributed by atoms with Crippen molar-refractivity contribution in [1.29, 1.82) is 0 Å². The third kappa shape index (κ3) is 4.36. The van der Waals surface area contributed by atoms with E-state index in [1.54, 1.807) is 4.90 Å². The molecule has 1 aliphatic heterocycles. The zero-order valence-corrected chi connectivity index (χ0v) is 14.3. The van der Waals surface area contributed by atoms with Gasteiger partial charge in [0.1, 0.15) is 5.60 Å². The first-order chi connectivity index (χ1) is 10.3. The van der Waals surface area contributed by atoms with Crippen LogP contribution in [0.4, 0.5) is 10.5 Å². The van der Waals surface area contributed by atoms with Gasteiger partial charge in [0.25, 0.3) is 0 Å². The van der Waals surface area contributed by atoms with Crippen LogP contribution in [0.3, 0.4) is 0 Å². The molecule has 0 unspecified atom stereocenters. The molecule has 5 heteroatoms. The molecule has 2 rings (SSSR count). The van der Waals surface area contributed by atoms with Crippen LogP contribution in [0.15, 0.2) is 18.3 Å². The van der Waals surface area contributed by atoms with E-state index in [2.05, 4.69) is 35.9 Å². The van der Waals surface area contributed by atoms with Crippen LogP contribution in [0.5, 0.6) is 0 Å². The number of carbonyl (C=O) groups excluding carboxylic acids is 1. The van der Waals surface area contributed by atoms with Crippen LogP contribution in [0.25, 0.3) is 0 Å². The SMILES string of the molecule is CC(C)c1ccc(N2CCN(C(=O)OC(C)(C)C)CC2)cn1. The first-order valence-corrected chi connectivity index (χ1v) is 7.95. The molecule has 22 heavy (non-hydrogen) atoms. The van der Waals surface area contributed by atoms with Crippen molar-refractivity contribution in [2.75, 3.05) is 31.1 Å². The molecule has 0 bridgehead atoms. The smallest absolute Gasteiger partial charge is 0.410 e. The van der Waals surface area contributed by atoms with Gasteiger partial charge < -0.3 is 14.5 Å². The number of anilines is 1. The number of hydrogen-bond donors (Lipinski definition) is 0. The Kier molecular flexibility index (Phi) is 4.94. The number of ether oxygens (including phenoxy) is 1. The summed E-state index contributed by atoms with van der Waals surface area (Å²) in [5.74, 6) is 0.443. The topological polar surface area (TPSA) is 45.7 Å². The molecular weight excluding hydrogens is 278 g/mol. The molecule has 0 atom stereocenters. The van der Waals surface area contributed by atoms with Gasteiger partial charge in [-0.25, -0.2) is 4.79 Å². The van der Waals surface area contributed by atoms with Crippen molar-refractivity contribution in [3.63, 3.8) is 0 Å². The summed E-state index contributed by atoms with van der Waals surface area (Å²) < 4.78 is 5.42. The maximum absolute atomic E-state index is 12.0. The predicted molar refractivity (Wildman–Crippen MR) is 88.3 cm³/mol. The number of carbonyl (C=O) groups is 1. The summed E-state index contributed by atoms with van der Waals surface area (Å²) in [6.45, 7) is 12.9. The number of aromatic nitrogens is 1. The molecule has 1 aromatic rings. The Balaban J connectivity index is 1.90. The number of rotatable bonds is 2. The lowest BCUT2D eigenvalue weighted by atomic mass is 10.1. The van der Waals surface area contributed by atoms with Gasteiger partial charge in [-0.15, -0.1) is 0 Å². The first-order valence-electron chi connectivity index (χ1n) is 7.95. The molecule has 1 saturated heterocycles. The van der Waals surface area contributed by atoms with Crippen LogP contribution in [0.1, 0.15) is 46.2 Å². The Bertz CT molecular complexity index is 498. The van der Waals surface area contributed by atoms with Gasteiger partial charge in [0.15, 0.2) is 0 Å². The molecule has 122 valence electrons. The lowest BCUT2D eigenvalue weighted by molar-refractivity contribution is 0.0240. The van der Waals surface area contributed by atoms with Crippen LogP contribution in [0, 0.1) is 0 Å². The van der Waals surface area contributed by atoms with Crippen LogP contribution in [-0.2, 0) is 4.74 Å². The first kappa shape index (κ1) is 16.6. The minimum atomic E-state index is -0.440. The second kappa shape index (κ2) is 6.55. The molecule has 0 saturated carbocycles.